The fourth-order valence-electron chi connectivity index (χ4n) is 3.40. The average molecular weight is 449 g/mol. The summed E-state index contributed by atoms with van der Waals surface area (Å²) in [5, 5.41) is 1.61. The van der Waals surface area contributed by atoms with Crippen LogP contribution in [0.5, 0.6) is 0 Å². The van der Waals surface area contributed by atoms with Crippen LogP contribution in [0.1, 0.15) is 29.3 Å². The van der Waals surface area contributed by atoms with E-state index in [4.69, 9.17) is 11.6 Å². The molecule has 1 saturated heterocycles. The molecule has 1 N–H and O–H groups in total. The van der Waals surface area contributed by atoms with Crippen molar-refractivity contribution in [3.05, 3.63) is 57.7 Å². The number of aromatic nitrogens is 3. The van der Waals surface area contributed by atoms with Gasteiger partial charge in [0.1, 0.15) is 11.5 Å². The van der Waals surface area contributed by atoms with Crippen LogP contribution in [0.25, 0.3) is 10.9 Å². The molecule has 4 rings (SSSR count). The Bertz CT molecular complexity index is 966. The van der Waals surface area contributed by atoms with Gasteiger partial charge in [0.15, 0.2) is 0 Å². The minimum Gasteiger partial charge on any atom is -0.351 e. The average Bonchev–Trinajstić information content (AvgIpc) is 3.11. The van der Waals surface area contributed by atoms with Gasteiger partial charge in [-0.25, -0.2) is 9.97 Å². The van der Waals surface area contributed by atoms with Crippen molar-refractivity contribution in [3.8, 4) is 0 Å². The van der Waals surface area contributed by atoms with Crippen LogP contribution in [0.2, 0.25) is 5.02 Å². The van der Waals surface area contributed by atoms with Crippen LogP contribution in [0.4, 0.5) is 0 Å². The second-order valence-corrected chi connectivity index (χ2v) is 8.03. The predicted molar refractivity (Wildman–Crippen MR) is 109 cm³/mol. The molecule has 140 valence electrons. The minimum atomic E-state index is 0.0227. The molecule has 0 radical (unpaired) electrons. The molecule has 1 atom stereocenters. The van der Waals surface area contributed by atoms with Crippen LogP contribution in [0, 0.1) is 0 Å². The van der Waals surface area contributed by atoms with Crippen molar-refractivity contribution in [1.82, 2.24) is 24.8 Å². The highest BCUT2D eigenvalue weighted by molar-refractivity contribution is 9.10. The standard InChI is InChI=1S/C19H19BrClN5O/c1-12(18-22-10-14(20)11-23-18)25-4-6-26(7-5-25)19(27)17-9-13-8-15(21)2-3-16(13)24-17/h2-3,8-12,24H,4-7H2,1H3. The van der Waals surface area contributed by atoms with Crippen LogP contribution >= 0.6 is 27.5 Å². The molecule has 27 heavy (non-hydrogen) atoms. The molecule has 3 heterocycles. The van der Waals surface area contributed by atoms with Crippen LogP contribution < -0.4 is 0 Å². The molecule has 0 bridgehead atoms. The lowest BCUT2D eigenvalue weighted by molar-refractivity contribution is 0.0571. The smallest absolute Gasteiger partial charge is 0.270 e. The summed E-state index contributed by atoms with van der Waals surface area (Å²) >= 11 is 9.39. The molecule has 1 unspecified atom stereocenters. The van der Waals surface area contributed by atoms with Crippen molar-refractivity contribution in [3.63, 3.8) is 0 Å². The van der Waals surface area contributed by atoms with E-state index >= 15 is 0 Å². The Morgan fingerprint density at radius 1 is 1.19 bits per heavy atom. The van der Waals surface area contributed by atoms with Gasteiger partial charge in [-0.05, 0) is 47.1 Å². The number of nitrogens with zero attached hydrogens (tertiary/aromatic N) is 4. The van der Waals surface area contributed by atoms with E-state index in [2.05, 4.69) is 42.7 Å². The maximum absolute atomic E-state index is 12.9. The van der Waals surface area contributed by atoms with E-state index < -0.39 is 0 Å². The molecule has 3 aromatic rings. The summed E-state index contributed by atoms with van der Waals surface area (Å²) in [6, 6.07) is 7.56. The molecule has 0 saturated carbocycles. The normalized spacial score (nSPS) is 16.6. The van der Waals surface area contributed by atoms with Gasteiger partial charge < -0.3 is 9.88 Å². The first-order chi connectivity index (χ1) is 13.0. The number of amides is 1. The quantitative estimate of drug-likeness (QED) is 0.660. The monoisotopic (exact) mass is 447 g/mol. The van der Waals surface area contributed by atoms with Crippen molar-refractivity contribution < 1.29 is 4.79 Å². The Kier molecular flexibility index (Phi) is 5.16. The SMILES string of the molecule is CC(c1ncc(Br)cn1)N1CCN(C(=O)c2cc3cc(Cl)ccc3[nH]2)CC1. The molecule has 0 spiro atoms. The molecule has 8 heteroatoms. The molecule has 1 aromatic carbocycles. The number of H-pyrrole nitrogens is 1. The number of nitrogens with one attached hydrogen (secondary N) is 1. The number of piperazine rings is 1. The van der Waals surface area contributed by atoms with Crippen LogP contribution in [-0.2, 0) is 0 Å². The van der Waals surface area contributed by atoms with Gasteiger partial charge in [0, 0.05) is 54.5 Å². The van der Waals surface area contributed by atoms with E-state index in [1.807, 2.05) is 29.2 Å². The Labute approximate surface area is 170 Å². The number of hydrogen-bond acceptors (Lipinski definition) is 4. The number of fused-ring (bicyclic) bond motifs is 1. The lowest BCUT2D eigenvalue weighted by atomic mass is 10.2. The number of halogens is 2. The summed E-state index contributed by atoms with van der Waals surface area (Å²) in [5.41, 5.74) is 1.52. The second-order valence-electron chi connectivity index (χ2n) is 6.68. The summed E-state index contributed by atoms with van der Waals surface area (Å²) in [4.78, 5) is 29.0. The molecule has 2 aromatic heterocycles. The van der Waals surface area contributed by atoms with Gasteiger partial charge in [0.25, 0.3) is 5.91 Å². The van der Waals surface area contributed by atoms with E-state index in [9.17, 15) is 4.79 Å². The van der Waals surface area contributed by atoms with Crippen molar-refractivity contribution >= 4 is 44.3 Å². The summed E-state index contributed by atoms with van der Waals surface area (Å²) in [6.07, 6.45) is 3.53. The number of carbonyl (C=O) groups is 1. The molecular weight excluding hydrogens is 430 g/mol. The molecule has 6 nitrogen and oxygen atoms in total. The minimum absolute atomic E-state index is 0.0227. The first-order valence-electron chi connectivity index (χ1n) is 8.80. The first kappa shape index (κ1) is 18.4. The van der Waals surface area contributed by atoms with Crippen molar-refractivity contribution in [2.24, 2.45) is 0 Å². The van der Waals surface area contributed by atoms with E-state index in [-0.39, 0.29) is 11.9 Å². The largest absolute Gasteiger partial charge is 0.351 e. The van der Waals surface area contributed by atoms with Gasteiger partial charge in [-0.15, -0.1) is 0 Å². The lowest BCUT2D eigenvalue weighted by Gasteiger charge is -2.37. The summed E-state index contributed by atoms with van der Waals surface area (Å²) < 4.78 is 0.869. The second kappa shape index (κ2) is 7.58. The third kappa shape index (κ3) is 3.85. The van der Waals surface area contributed by atoms with Crippen molar-refractivity contribution in [1.29, 1.82) is 0 Å². The third-order valence-corrected chi connectivity index (χ3v) is 5.62. The summed E-state index contributed by atoms with van der Waals surface area (Å²) in [6.45, 7) is 5.03. The number of hydrogen-bond donors (Lipinski definition) is 1. The fraction of sp³-hybridized carbons (Fsp3) is 0.316. The van der Waals surface area contributed by atoms with Gasteiger partial charge in [-0.3, -0.25) is 9.69 Å². The zero-order chi connectivity index (χ0) is 19.0. The number of carbonyl (C=O) groups excluding carboxylic acids is 1. The highest BCUT2D eigenvalue weighted by atomic mass is 79.9. The third-order valence-electron chi connectivity index (χ3n) is 4.98. The lowest BCUT2D eigenvalue weighted by Crippen LogP contribution is -2.49. The molecule has 1 fully saturated rings. The number of aromatic amines is 1. The van der Waals surface area contributed by atoms with Gasteiger partial charge in [-0.2, -0.15) is 0 Å². The molecule has 1 amide bonds. The van der Waals surface area contributed by atoms with Crippen molar-refractivity contribution in [2.45, 2.75) is 13.0 Å². The topological polar surface area (TPSA) is 65.1 Å². The Morgan fingerprint density at radius 3 is 2.59 bits per heavy atom. The predicted octanol–water partition coefficient (Wildman–Crippen LogP) is 3.89. The van der Waals surface area contributed by atoms with E-state index in [0.717, 1.165) is 34.3 Å². The first-order valence-corrected chi connectivity index (χ1v) is 9.97. The van der Waals surface area contributed by atoms with Gasteiger partial charge in [-0.1, -0.05) is 11.6 Å². The highest BCUT2D eigenvalue weighted by Crippen LogP contribution is 2.23. The van der Waals surface area contributed by atoms with E-state index in [1.54, 1.807) is 12.4 Å². The van der Waals surface area contributed by atoms with Crippen LogP contribution in [0.3, 0.4) is 0 Å². The van der Waals surface area contributed by atoms with E-state index in [0.29, 0.717) is 23.8 Å². The van der Waals surface area contributed by atoms with Crippen LogP contribution in [0.15, 0.2) is 41.1 Å². The summed E-state index contributed by atoms with van der Waals surface area (Å²) in [5.74, 6) is 0.819. The Hall–Kier alpha value is -1.96. The molecule has 1 aliphatic rings. The van der Waals surface area contributed by atoms with Gasteiger partial charge in [0.2, 0.25) is 0 Å². The molecular formula is C19H19BrClN5O. The fourth-order valence-corrected chi connectivity index (χ4v) is 3.79. The van der Waals surface area contributed by atoms with Crippen LogP contribution in [-0.4, -0.2) is 56.8 Å². The maximum Gasteiger partial charge on any atom is 0.270 e. The summed E-state index contributed by atoms with van der Waals surface area (Å²) in [7, 11) is 0. The molecule has 0 aliphatic carbocycles. The maximum atomic E-state index is 12.9. The Balaban J connectivity index is 1.42. The van der Waals surface area contributed by atoms with Crippen molar-refractivity contribution in [2.75, 3.05) is 26.2 Å². The van der Waals surface area contributed by atoms with Gasteiger partial charge in [0.05, 0.1) is 10.5 Å². The number of rotatable bonds is 3. The highest BCUT2D eigenvalue weighted by Gasteiger charge is 2.27. The van der Waals surface area contributed by atoms with Gasteiger partial charge >= 0.3 is 0 Å². The van der Waals surface area contributed by atoms with E-state index in [1.165, 1.54) is 0 Å². The zero-order valence-corrected chi connectivity index (χ0v) is 17.2. The Morgan fingerprint density at radius 2 is 1.89 bits per heavy atom. The molecule has 1 aliphatic heterocycles. The number of benzene rings is 1. The zero-order valence-electron chi connectivity index (χ0n) is 14.8.